The fourth-order valence-electron chi connectivity index (χ4n) is 3.45. The van der Waals surface area contributed by atoms with E-state index in [0.717, 1.165) is 5.56 Å². The molecule has 2 N–H and O–H groups in total. The predicted molar refractivity (Wildman–Crippen MR) is 139 cm³/mol. The van der Waals surface area contributed by atoms with Crippen molar-refractivity contribution < 1.29 is 19.1 Å². The van der Waals surface area contributed by atoms with E-state index < -0.39 is 12.0 Å². The number of esters is 1. The normalized spacial score (nSPS) is 11.5. The molecule has 184 valence electrons. The number of rotatable bonds is 5. The number of aromatic nitrogens is 1. The standard InChI is InChI=1S/C28H33N3O4/c1-27(2,3)18-12-14-19(15-13-18)29-26(33)31-21-16-17-22(25(32)34-7)30-24(21)35-23-11-9-8-10-20(23)28(4,5)6/h8-17H,1-7H3,(H2,29,31,33). The number of benzene rings is 2. The van der Waals surface area contributed by atoms with Gasteiger partial charge in [-0.2, -0.15) is 0 Å². The Morgan fingerprint density at radius 2 is 1.46 bits per heavy atom. The van der Waals surface area contributed by atoms with Crippen molar-refractivity contribution in [1.82, 2.24) is 4.98 Å². The van der Waals surface area contributed by atoms with E-state index in [2.05, 4.69) is 57.2 Å². The molecule has 7 nitrogen and oxygen atoms in total. The minimum absolute atomic E-state index is 0.0173. The summed E-state index contributed by atoms with van der Waals surface area (Å²) < 4.78 is 10.9. The molecule has 7 heteroatoms. The van der Waals surface area contributed by atoms with Crippen molar-refractivity contribution in [1.29, 1.82) is 0 Å². The quantitative estimate of drug-likeness (QED) is 0.392. The highest BCUT2D eigenvalue weighted by molar-refractivity contribution is 6.00. The molecule has 0 atom stereocenters. The van der Waals surface area contributed by atoms with Crippen LogP contribution in [0.1, 0.15) is 63.2 Å². The van der Waals surface area contributed by atoms with Gasteiger partial charge in [-0.1, -0.05) is 71.9 Å². The van der Waals surface area contributed by atoms with Crippen LogP contribution in [0.5, 0.6) is 11.6 Å². The maximum atomic E-state index is 12.8. The fraction of sp³-hybridized carbons (Fsp3) is 0.321. The number of para-hydroxylation sites is 1. The molecule has 0 saturated heterocycles. The Labute approximate surface area is 206 Å². The molecular formula is C28H33N3O4. The first-order valence-corrected chi connectivity index (χ1v) is 11.4. The Bertz CT molecular complexity index is 1210. The van der Waals surface area contributed by atoms with Crippen LogP contribution in [-0.4, -0.2) is 24.1 Å². The first-order chi connectivity index (χ1) is 16.4. The van der Waals surface area contributed by atoms with E-state index >= 15 is 0 Å². The number of urea groups is 1. The summed E-state index contributed by atoms with van der Waals surface area (Å²) in [5.41, 5.74) is 2.98. The monoisotopic (exact) mass is 475 g/mol. The van der Waals surface area contributed by atoms with Crippen LogP contribution in [0, 0.1) is 0 Å². The summed E-state index contributed by atoms with van der Waals surface area (Å²) in [6, 6.07) is 17.9. The van der Waals surface area contributed by atoms with Gasteiger partial charge in [-0.15, -0.1) is 0 Å². The highest BCUT2D eigenvalue weighted by atomic mass is 16.5. The largest absolute Gasteiger partial charge is 0.464 e. The molecular weight excluding hydrogens is 442 g/mol. The second kappa shape index (κ2) is 10.2. The molecule has 3 rings (SSSR count). The third-order valence-corrected chi connectivity index (χ3v) is 5.41. The van der Waals surface area contributed by atoms with E-state index in [1.807, 2.05) is 48.5 Å². The van der Waals surface area contributed by atoms with Gasteiger partial charge < -0.3 is 20.1 Å². The number of nitrogens with zero attached hydrogens (tertiary/aromatic N) is 1. The third kappa shape index (κ3) is 6.59. The minimum atomic E-state index is -0.603. The lowest BCUT2D eigenvalue weighted by Gasteiger charge is -2.23. The first kappa shape index (κ1) is 25.7. The fourth-order valence-corrected chi connectivity index (χ4v) is 3.45. The lowest BCUT2D eigenvalue weighted by atomic mass is 9.86. The minimum Gasteiger partial charge on any atom is -0.464 e. The van der Waals surface area contributed by atoms with Crippen LogP contribution < -0.4 is 15.4 Å². The Kier molecular flexibility index (Phi) is 7.48. The average molecular weight is 476 g/mol. The maximum absolute atomic E-state index is 12.8. The van der Waals surface area contributed by atoms with Gasteiger partial charge in [0.2, 0.25) is 5.88 Å². The third-order valence-electron chi connectivity index (χ3n) is 5.41. The summed E-state index contributed by atoms with van der Waals surface area (Å²) in [5, 5.41) is 5.60. The number of pyridine rings is 1. The summed E-state index contributed by atoms with van der Waals surface area (Å²) in [5.74, 6) is 0.0625. The molecule has 35 heavy (non-hydrogen) atoms. The predicted octanol–water partition coefficient (Wildman–Crippen LogP) is 6.90. The number of nitrogens with one attached hydrogen (secondary N) is 2. The van der Waals surface area contributed by atoms with E-state index in [1.165, 1.54) is 18.7 Å². The van der Waals surface area contributed by atoms with E-state index in [1.54, 1.807) is 6.07 Å². The molecule has 1 heterocycles. The Morgan fingerprint density at radius 1 is 0.800 bits per heavy atom. The Morgan fingerprint density at radius 3 is 2.06 bits per heavy atom. The highest BCUT2D eigenvalue weighted by Crippen LogP contribution is 2.36. The van der Waals surface area contributed by atoms with E-state index in [4.69, 9.17) is 9.47 Å². The zero-order valence-corrected chi connectivity index (χ0v) is 21.4. The number of carbonyl (C=O) groups excluding carboxylic acids is 2. The van der Waals surface area contributed by atoms with Gasteiger partial charge in [0, 0.05) is 11.3 Å². The van der Waals surface area contributed by atoms with E-state index in [-0.39, 0.29) is 22.4 Å². The van der Waals surface area contributed by atoms with Crippen LogP contribution in [0.2, 0.25) is 0 Å². The lowest BCUT2D eigenvalue weighted by molar-refractivity contribution is 0.0593. The van der Waals surface area contributed by atoms with Crippen LogP contribution in [0.4, 0.5) is 16.2 Å². The summed E-state index contributed by atoms with van der Waals surface area (Å²) in [6.07, 6.45) is 0. The van der Waals surface area contributed by atoms with Gasteiger partial charge >= 0.3 is 12.0 Å². The molecule has 0 unspecified atom stereocenters. The average Bonchev–Trinajstić information content (AvgIpc) is 2.79. The second-order valence-corrected chi connectivity index (χ2v) is 10.3. The SMILES string of the molecule is COC(=O)c1ccc(NC(=O)Nc2ccc(C(C)(C)C)cc2)c(Oc2ccccc2C(C)(C)C)n1. The van der Waals surface area contributed by atoms with Crippen molar-refractivity contribution in [2.45, 2.75) is 52.4 Å². The van der Waals surface area contributed by atoms with Crippen LogP contribution in [0.3, 0.4) is 0 Å². The summed E-state index contributed by atoms with van der Waals surface area (Å²) in [6.45, 7) is 12.6. The highest BCUT2D eigenvalue weighted by Gasteiger charge is 2.22. The number of carbonyl (C=O) groups is 2. The van der Waals surface area contributed by atoms with Gasteiger partial charge in [0.15, 0.2) is 5.69 Å². The van der Waals surface area contributed by atoms with Crippen molar-refractivity contribution in [3.05, 3.63) is 77.5 Å². The Hall–Kier alpha value is -3.87. The number of ether oxygens (including phenoxy) is 2. The van der Waals surface area contributed by atoms with Crippen molar-refractivity contribution >= 4 is 23.4 Å². The van der Waals surface area contributed by atoms with Crippen LogP contribution in [0.15, 0.2) is 60.7 Å². The van der Waals surface area contributed by atoms with Crippen LogP contribution >= 0.6 is 0 Å². The van der Waals surface area contributed by atoms with E-state index in [9.17, 15) is 9.59 Å². The molecule has 1 aromatic heterocycles. The van der Waals surface area contributed by atoms with Gasteiger partial charge in [0.25, 0.3) is 0 Å². The van der Waals surface area contributed by atoms with Crippen molar-refractivity contribution in [2.75, 3.05) is 17.7 Å². The molecule has 0 bridgehead atoms. The smallest absolute Gasteiger partial charge is 0.356 e. The number of amides is 2. The molecule has 0 aliphatic rings. The molecule has 0 aliphatic heterocycles. The zero-order chi connectivity index (χ0) is 25.8. The van der Waals surface area contributed by atoms with Crippen molar-refractivity contribution in [2.24, 2.45) is 0 Å². The number of hydrogen-bond donors (Lipinski definition) is 2. The summed E-state index contributed by atoms with van der Waals surface area (Å²) in [4.78, 5) is 29.2. The van der Waals surface area contributed by atoms with Gasteiger partial charge in [-0.05, 0) is 46.7 Å². The molecule has 0 saturated carbocycles. The summed E-state index contributed by atoms with van der Waals surface area (Å²) in [7, 11) is 1.28. The van der Waals surface area contributed by atoms with Crippen LogP contribution in [-0.2, 0) is 15.6 Å². The molecule has 0 radical (unpaired) electrons. The Balaban J connectivity index is 1.88. The van der Waals surface area contributed by atoms with E-state index in [0.29, 0.717) is 17.1 Å². The maximum Gasteiger partial charge on any atom is 0.356 e. The topological polar surface area (TPSA) is 89.5 Å². The van der Waals surface area contributed by atoms with Gasteiger partial charge in [-0.3, -0.25) is 0 Å². The second-order valence-electron chi connectivity index (χ2n) is 10.3. The molecule has 2 amide bonds. The van der Waals surface area contributed by atoms with Crippen molar-refractivity contribution in [3.8, 4) is 11.6 Å². The number of anilines is 2. The van der Waals surface area contributed by atoms with Crippen molar-refractivity contribution in [3.63, 3.8) is 0 Å². The molecule has 0 aliphatic carbocycles. The molecule has 0 spiro atoms. The first-order valence-electron chi connectivity index (χ1n) is 11.4. The van der Waals surface area contributed by atoms with Crippen LogP contribution in [0.25, 0.3) is 0 Å². The van der Waals surface area contributed by atoms with Gasteiger partial charge in [0.1, 0.15) is 11.4 Å². The molecule has 3 aromatic rings. The number of hydrogen-bond acceptors (Lipinski definition) is 5. The number of methoxy groups -OCH3 is 1. The molecule has 2 aromatic carbocycles. The zero-order valence-electron chi connectivity index (χ0n) is 21.4. The van der Waals surface area contributed by atoms with Gasteiger partial charge in [0.05, 0.1) is 7.11 Å². The molecule has 0 fully saturated rings. The lowest BCUT2D eigenvalue weighted by Crippen LogP contribution is -2.21. The summed E-state index contributed by atoms with van der Waals surface area (Å²) >= 11 is 0. The van der Waals surface area contributed by atoms with Gasteiger partial charge in [-0.25, -0.2) is 14.6 Å².